The Labute approximate surface area is 212 Å². The number of aliphatic imine (C=N–C) groups is 1. The Morgan fingerprint density at radius 3 is 2.51 bits per heavy atom. The summed E-state index contributed by atoms with van der Waals surface area (Å²) in [5.41, 5.74) is 11.6. The molecule has 0 aromatic heterocycles. The number of imide groups is 1. The van der Waals surface area contributed by atoms with Crippen LogP contribution in [0.1, 0.15) is 43.2 Å². The summed E-state index contributed by atoms with van der Waals surface area (Å²) in [4.78, 5) is 29.5. The van der Waals surface area contributed by atoms with Crippen LogP contribution < -0.4 is 16.0 Å². The van der Waals surface area contributed by atoms with Gasteiger partial charge in [0.05, 0.1) is 23.6 Å². The highest BCUT2D eigenvalue weighted by atomic mass is 19.1. The summed E-state index contributed by atoms with van der Waals surface area (Å²) < 4.78 is 35.1. The molecule has 2 aliphatic heterocycles. The quantitative estimate of drug-likeness (QED) is 0.249. The Hall–Kier alpha value is -4.30. The largest absolute Gasteiger partial charge is 0.407 e. The molecule has 0 bridgehead atoms. The van der Waals surface area contributed by atoms with Gasteiger partial charge in [-0.1, -0.05) is 30.3 Å². The molecule has 2 amide bonds. The minimum atomic E-state index is -1.05. The summed E-state index contributed by atoms with van der Waals surface area (Å²) in [5, 5.41) is 10.2. The molecule has 3 aliphatic rings. The number of hydrogen-bond acceptors (Lipinski definition) is 6. The zero-order valence-corrected chi connectivity index (χ0v) is 20.1. The second-order valence-corrected chi connectivity index (χ2v) is 9.31. The molecule has 2 aromatic carbocycles. The molecule has 2 fully saturated rings. The number of hydrogen-bond donors (Lipinski definition) is 3. The van der Waals surface area contributed by atoms with Crippen molar-refractivity contribution in [1.82, 2.24) is 5.32 Å². The summed E-state index contributed by atoms with van der Waals surface area (Å²) in [6.07, 6.45) is 0.640. The minimum Gasteiger partial charge on any atom is -0.407 e. The van der Waals surface area contributed by atoms with Gasteiger partial charge in [-0.05, 0) is 31.0 Å². The number of piperidine rings is 1. The zero-order chi connectivity index (χ0) is 26.3. The van der Waals surface area contributed by atoms with Gasteiger partial charge < -0.3 is 15.4 Å². The molecule has 3 atom stereocenters. The van der Waals surface area contributed by atoms with Crippen molar-refractivity contribution < 1.29 is 23.1 Å². The van der Waals surface area contributed by atoms with Gasteiger partial charge in [0, 0.05) is 36.2 Å². The molecule has 0 spiro atoms. The van der Waals surface area contributed by atoms with E-state index in [0.717, 1.165) is 11.1 Å². The van der Waals surface area contributed by atoms with Crippen molar-refractivity contribution in [3.05, 3.63) is 76.5 Å². The van der Waals surface area contributed by atoms with Crippen molar-refractivity contribution in [3.63, 3.8) is 0 Å². The van der Waals surface area contributed by atoms with Crippen LogP contribution in [-0.2, 0) is 14.3 Å². The lowest BCUT2D eigenvalue weighted by atomic mass is 9.89. The van der Waals surface area contributed by atoms with Crippen LogP contribution in [-0.4, -0.2) is 42.4 Å². The lowest BCUT2D eigenvalue weighted by Crippen LogP contribution is -2.58. The van der Waals surface area contributed by atoms with Crippen molar-refractivity contribution in [3.8, 4) is 0 Å². The van der Waals surface area contributed by atoms with Crippen molar-refractivity contribution in [1.29, 1.82) is 5.41 Å². The molecule has 2 saturated heterocycles. The number of nitrogens with zero attached hydrogens (tertiary/aromatic N) is 2. The Balaban J connectivity index is 1.22. The Morgan fingerprint density at radius 2 is 1.89 bits per heavy atom. The normalized spacial score (nSPS) is 23.4. The van der Waals surface area contributed by atoms with E-state index in [2.05, 4.69) is 16.0 Å². The maximum Gasteiger partial charge on any atom is 0.289 e. The van der Waals surface area contributed by atoms with Crippen LogP contribution in [0.3, 0.4) is 0 Å². The van der Waals surface area contributed by atoms with Crippen LogP contribution in [0.5, 0.6) is 0 Å². The second kappa shape index (κ2) is 9.63. The number of anilines is 1. The zero-order valence-electron chi connectivity index (χ0n) is 20.1. The van der Waals surface area contributed by atoms with E-state index in [1.54, 1.807) is 4.90 Å². The molecule has 4 N–H and O–H groups in total. The number of rotatable bonds is 5. The fourth-order valence-electron chi connectivity index (χ4n) is 4.77. The van der Waals surface area contributed by atoms with Gasteiger partial charge in [-0.15, -0.1) is 5.73 Å². The topological polar surface area (TPSA) is 121 Å². The van der Waals surface area contributed by atoms with Crippen LogP contribution in [0.25, 0.3) is 5.57 Å². The molecule has 8 nitrogen and oxygen atoms in total. The van der Waals surface area contributed by atoms with Gasteiger partial charge in [-0.25, -0.2) is 13.8 Å². The van der Waals surface area contributed by atoms with Gasteiger partial charge in [0.15, 0.2) is 0 Å². The average molecular weight is 506 g/mol. The lowest BCUT2D eigenvalue weighted by molar-refractivity contribution is -0.134. The first-order valence-corrected chi connectivity index (χ1v) is 11.9. The molecule has 1 unspecified atom stereocenters. The van der Waals surface area contributed by atoms with Gasteiger partial charge in [-0.2, -0.15) is 0 Å². The highest BCUT2D eigenvalue weighted by Gasteiger charge is 2.38. The summed E-state index contributed by atoms with van der Waals surface area (Å²) in [6.45, 7) is 2.18. The first-order valence-electron chi connectivity index (χ1n) is 11.9. The van der Waals surface area contributed by atoms with Crippen molar-refractivity contribution >= 4 is 35.0 Å². The molecule has 10 heteroatoms. The number of nitrogens with one attached hydrogen (secondary N) is 2. The third kappa shape index (κ3) is 4.75. The molecule has 2 aromatic rings. The smallest absolute Gasteiger partial charge is 0.289 e. The van der Waals surface area contributed by atoms with Crippen LogP contribution in [0.15, 0.2) is 58.8 Å². The predicted octanol–water partition coefficient (Wildman–Crippen LogP) is 3.38. The molecule has 190 valence electrons. The average Bonchev–Trinajstić information content (AvgIpc) is 2.81. The number of carbonyl (C=O) groups is 2. The Bertz CT molecular complexity index is 1380. The number of amides is 2. The third-order valence-corrected chi connectivity index (χ3v) is 6.97. The summed E-state index contributed by atoms with van der Waals surface area (Å²) in [5.74, 6) is -3.98. The lowest BCUT2D eigenvalue weighted by Gasteiger charge is -2.46. The maximum atomic E-state index is 14.9. The number of nitrogens with two attached hydrogens (primary N) is 1. The van der Waals surface area contributed by atoms with E-state index < -0.39 is 29.4 Å². The summed E-state index contributed by atoms with van der Waals surface area (Å²) in [7, 11) is 0. The van der Waals surface area contributed by atoms with E-state index in [1.807, 2.05) is 37.3 Å². The van der Waals surface area contributed by atoms with Gasteiger partial charge in [-0.3, -0.25) is 20.3 Å². The highest BCUT2D eigenvalue weighted by Crippen LogP contribution is 2.35. The minimum absolute atomic E-state index is 0.0304. The fraction of sp³-hybridized carbons (Fsp3) is 0.296. The first kappa shape index (κ1) is 24.4. The van der Waals surface area contributed by atoms with Crippen LogP contribution in [0.4, 0.5) is 14.5 Å². The molecule has 37 heavy (non-hydrogen) atoms. The maximum absolute atomic E-state index is 14.9. The van der Waals surface area contributed by atoms with Crippen LogP contribution in [0, 0.1) is 17.0 Å². The number of amidine groups is 1. The number of ether oxygens (including phenoxy) is 1. The fourth-order valence-corrected chi connectivity index (χ4v) is 4.77. The van der Waals surface area contributed by atoms with Crippen molar-refractivity contribution in [2.75, 3.05) is 11.4 Å². The van der Waals surface area contributed by atoms with E-state index in [9.17, 15) is 18.4 Å². The van der Waals surface area contributed by atoms with Crippen LogP contribution in [0.2, 0.25) is 0 Å². The molecule has 5 rings (SSSR count). The molecular weight excluding hydrogens is 480 g/mol. The van der Waals surface area contributed by atoms with E-state index in [4.69, 9.17) is 15.9 Å². The number of halogens is 2. The predicted molar refractivity (Wildman–Crippen MR) is 134 cm³/mol. The molecule has 0 saturated carbocycles. The Morgan fingerprint density at radius 1 is 1.22 bits per heavy atom. The second-order valence-electron chi connectivity index (χ2n) is 9.31. The molecule has 0 radical (unpaired) electrons. The van der Waals surface area contributed by atoms with Gasteiger partial charge in [0.1, 0.15) is 11.6 Å². The monoisotopic (exact) mass is 505 g/mol. The number of carbonyl (C=O) groups excluding carboxylic acids is 2. The van der Waals surface area contributed by atoms with Crippen LogP contribution >= 0.6 is 0 Å². The molecule has 2 heterocycles. The Kier molecular flexibility index (Phi) is 6.35. The summed E-state index contributed by atoms with van der Waals surface area (Å²) in [6, 6.07) is 11.5. The van der Waals surface area contributed by atoms with Gasteiger partial charge >= 0.3 is 0 Å². The standard InChI is InChI=1S/C27H25F2N5O3/c1-14-22(32-27(31)37-25(30)17-9-16(10-17)15-5-3-2-4-6-15)13-34(14)18-11-20(28)24(21(29)12-18)19-7-8-23(35)33-26(19)36/h2-6,11-12,14,19,22,30H,7-9,13H2,1H3,(H2,31,32)(H,33,35,36)/t14-,19?,22+/m1/s1. The van der Waals surface area contributed by atoms with E-state index in [0.29, 0.717) is 24.2 Å². The third-order valence-electron chi connectivity index (χ3n) is 6.97. The van der Waals surface area contributed by atoms with Crippen molar-refractivity contribution in [2.45, 2.75) is 44.2 Å². The van der Waals surface area contributed by atoms with Crippen molar-refractivity contribution in [2.24, 2.45) is 10.7 Å². The van der Waals surface area contributed by atoms with Gasteiger partial charge in [0.25, 0.3) is 6.02 Å². The SMILES string of the molecule is C[C@@H]1[C@@H](N=C(N)OC(=N)C2=C=C(c3ccccc3)C2)CN1c1cc(F)c(C2CCC(=O)NC2=O)c(F)c1. The van der Waals surface area contributed by atoms with E-state index in [-0.39, 0.29) is 42.4 Å². The first-order chi connectivity index (χ1) is 17.7. The molecule has 1 aliphatic carbocycles. The van der Waals surface area contributed by atoms with E-state index in [1.165, 1.54) is 12.1 Å². The highest BCUT2D eigenvalue weighted by molar-refractivity contribution is 6.03. The van der Waals surface area contributed by atoms with E-state index >= 15 is 0 Å². The number of benzene rings is 2. The molecular formula is C27H25F2N5O3. The summed E-state index contributed by atoms with van der Waals surface area (Å²) >= 11 is 0. The van der Waals surface area contributed by atoms with Gasteiger partial charge in [0.2, 0.25) is 17.7 Å².